The zero-order valence-electron chi connectivity index (χ0n) is 17.0. The van der Waals surface area contributed by atoms with Gasteiger partial charge < -0.3 is 10.2 Å². The first kappa shape index (κ1) is 24.9. The Hall–Kier alpha value is -1.40. The van der Waals surface area contributed by atoms with Crippen LogP contribution in [0.4, 0.5) is 0 Å². The highest BCUT2D eigenvalue weighted by molar-refractivity contribution is 7.99. The van der Waals surface area contributed by atoms with Gasteiger partial charge in [-0.1, -0.05) is 47.8 Å². The quantitative estimate of drug-likeness (QED) is 0.414. The molecular formula is C22H25Cl3N2O2S. The summed E-state index contributed by atoms with van der Waals surface area (Å²) in [6.45, 7) is 4.43. The van der Waals surface area contributed by atoms with Gasteiger partial charge in [-0.3, -0.25) is 9.59 Å². The highest BCUT2D eigenvalue weighted by atomic mass is 35.5. The Morgan fingerprint density at radius 3 is 2.30 bits per heavy atom. The van der Waals surface area contributed by atoms with Crippen LogP contribution in [-0.2, 0) is 16.1 Å². The number of carbonyl (C=O) groups is 2. The van der Waals surface area contributed by atoms with Crippen LogP contribution in [0, 0.1) is 0 Å². The molecule has 2 amide bonds. The molecule has 1 atom stereocenters. The molecule has 162 valence electrons. The summed E-state index contributed by atoms with van der Waals surface area (Å²) in [5.41, 5.74) is 0.634. The molecule has 0 aliphatic heterocycles. The largest absolute Gasteiger partial charge is 0.354 e. The topological polar surface area (TPSA) is 49.4 Å². The predicted octanol–water partition coefficient (Wildman–Crippen LogP) is 6.07. The van der Waals surface area contributed by atoms with Crippen LogP contribution in [0.3, 0.4) is 0 Å². The van der Waals surface area contributed by atoms with Gasteiger partial charge in [0.2, 0.25) is 11.8 Å². The molecule has 0 saturated heterocycles. The predicted molar refractivity (Wildman–Crippen MR) is 127 cm³/mol. The lowest BCUT2D eigenvalue weighted by molar-refractivity contribution is -0.140. The Morgan fingerprint density at radius 1 is 1.07 bits per heavy atom. The monoisotopic (exact) mass is 486 g/mol. The lowest BCUT2D eigenvalue weighted by atomic mass is 10.1. The molecule has 2 rings (SSSR count). The number of hydrogen-bond acceptors (Lipinski definition) is 3. The zero-order chi connectivity index (χ0) is 22.1. The normalized spacial score (nSPS) is 11.8. The smallest absolute Gasteiger partial charge is 0.242 e. The summed E-state index contributed by atoms with van der Waals surface area (Å²) in [5, 5.41) is 4.46. The molecule has 0 bridgehead atoms. The van der Waals surface area contributed by atoms with Crippen LogP contribution in [0.15, 0.2) is 47.4 Å². The highest BCUT2D eigenvalue weighted by Gasteiger charge is 2.27. The van der Waals surface area contributed by atoms with Crippen LogP contribution >= 0.6 is 46.6 Å². The minimum atomic E-state index is -0.642. The number of nitrogens with one attached hydrogen (secondary N) is 1. The maximum absolute atomic E-state index is 13.1. The molecule has 0 heterocycles. The minimum Gasteiger partial charge on any atom is -0.354 e. The van der Waals surface area contributed by atoms with Crippen LogP contribution in [-0.4, -0.2) is 35.1 Å². The first-order valence-corrected chi connectivity index (χ1v) is 11.8. The van der Waals surface area contributed by atoms with Gasteiger partial charge in [0.1, 0.15) is 6.04 Å². The van der Waals surface area contributed by atoms with Crippen molar-refractivity contribution in [2.75, 3.05) is 12.3 Å². The molecule has 0 saturated carbocycles. The molecule has 0 spiro atoms. The molecule has 2 aromatic carbocycles. The Morgan fingerprint density at radius 2 is 1.70 bits per heavy atom. The van der Waals surface area contributed by atoms with Gasteiger partial charge in [0.25, 0.3) is 0 Å². The van der Waals surface area contributed by atoms with Crippen molar-refractivity contribution < 1.29 is 9.59 Å². The lowest BCUT2D eigenvalue weighted by Crippen LogP contribution is -2.47. The van der Waals surface area contributed by atoms with Crippen molar-refractivity contribution in [2.24, 2.45) is 0 Å². The molecule has 0 aliphatic rings. The molecule has 0 aromatic heterocycles. The van der Waals surface area contributed by atoms with E-state index in [0.29, 0.717) is 32.9 Å². The number of carbonyl (C=O) groups excluding carboxylic acids is 2. The number of benzene rings is 2. The average molecular weight is 488 g/mol. The third-order valence-corrected chi connectivity index (χ3v) is 6.48. The van der Waals surface area contributed by atoms with Gasteiger partial charge >= 0.3 is 0 Å². The summed E-state index contributed by atoms with van der Waals surface area (Å²) < 4.78 is 0. The van der Waals surface area contributed by atoms with E-state index in [4.69, 9.17) is 34.8 Å². The van der Waals surface area contributed by atoms with E-state index < -0.39 is 6.04 Å². The number of nitrogens with zero attached hydrogens (tertiary/aromatic N) is 1. The Balaban J connectivity index is 2.11. The molecule has 0 radical (unpaired) electrons. The van der Waals surface area contributed by atoms with Gasteiger partial charge in [-0.2, -0.15) is 0 Å². The van der Waals surface area contributed by atoms with Crippen molar-refractivity contribution in [3.05, 3.63) is 63.1 Å². The summed E-state index contributed by atoms with van der Waals surface area (Å²) in [4.78, 5) is 28.2. The van der Waals surface area contributed by atoms with Crippen LogP contribution in [0.5, 0.6) is 0 Å². The molecule has 4 nitrogen and oxygen atoms in total. The molecule has 1 N–H and O–H groups in total. The van der Waals surface area contributed by atoms with Crippen LogP contribution in [0.1, 0.15) is 32.3 Å². The van der Waals surface area contributed by atoms with E-state index in [0.717, 1.165) is 11.3 Å². The number of amides is 2. The molecule has 0 fully saturated rings. The number of hydrogen-bond donors (Lipinski definition) is 1. The first-order valence-electron chi connectivity index (χ1n) is 9.72. The van der Waals surface area contributed by atoms with Crippen LogP contribution in [0.25, 0.3) is 0 Å². The van der Waals surface area contributed by atoms with Crippen molar-refractivity contribution in [1.29, 1.82) is 0 Å². The van der Waals surface area contributed by atoms with E-state index in [1.54, 1.807) is 41.8 Å². The summed E-state index contributed by atoms with van der Waals surface area (Å²) in [6, 6.07) is 12.0. The molecular weight excluding hydrogens is 463 g/mol. The second kappa shape index (κ2) is 12.5. The summed E-state index contributed by atoms with van der Waals surface area (Å²) >= 11 is 20.1. The van der Waals surface area contributed by atoms with Crippen molar-refractivity contribution >= 4 is 58.4 Å². The fourth-order valence-corrected chi connectivity index (χ4v) is 4.25. The van der Waals surface area contributed by atoms with Gasteiger partial charge in [0.05, 0.1) is 0 Å². The number of rotatable bonds is 10. The van der Waals surface area contributed by atoms with Gasteiger partial charge in [-0.05, 0) is 49.7 Å². The van der Waals surface area contributed by atoms with Crippen LogP contribution < -0.4 is 5.32 Å². The third kappa shape index (κ3) is 7.38. The minimum absolute atomic E-state index is 0.133. The fraction of sp³-hybridized carbons (Fsp3) is 0.364. The maximum atomic E-state index is 13.1. The first-order chi connectivity index (χ1) is 14.3. The Kier molecular flexibility index (Phi) is 10.3. The maximum Gasteiger partial charge on any atom is 0.242 e. The van der Waals surface area contributed by atoms with Gasteiger partial charge in [0.15, 0.2) is 0 Å². The summed E-state index contributed by atoms with van der Waals surface area (Å²) in [6.07, 6.45) is 1.10. The van der Waals surface area contributed by atoms with Gasteiger partial charge in [0, 0.05) is 50.8 Å². The van der Waals surface area contributed by atoms with Crippen molar-refractivity contribution in [3.63, 3.8) is 0 Å². The van der Waals surface area contributed by atoms with E-state index in [9.17, 15) is 9.59 Å². The van der Waals surface area contributed by atoms with E-state index in [2.05, 4.69) is 5.32 Å². The van der Waals surface area contributed by atoms with Gasteiger partial charge in [-0.15, -0.1) is 11.8 Å². The van der Waals surface area contributed by atoms with E-state index in [-0.39, 0.29) is 24.8 Å². The van der Waals surface area contributed by atoms with Gasteiger partial charge in [-0.25, -0.2) is 0 Å². The van der Waals surface area contributed by atoms with Crippen molar-refractivity contribution in [2.45, 2.75) is 44.2 Å². The Labute approximate surface area is 197 Å². The standard InChI is InChI=1S/C22H25Cl3N2O2S/c1-3-12-26-22(29)15(2)27(14-18-19(24)5-4-6-20(18)25)21(28)11-13-30-17-9-7-16(23)8-10-17/h4-10,15H,3,11-14H2,1-2H3,(H,26,29)/t15-/m0/s1. The second-order valence-electron chi connectivity index (χ2n) is 6.74. The molecule has 8 heteroatoms. The Bertz CT molecular complexity index is 842. The van der Waals surface area contributed by atoms with E-state index in [1.807, 2.05) is 31.2 Å². The summed E-state index contributed by atoms with van der Waals surface area (Å²) in [7, 11) is 0. The van der Waals surface area contributed by atoms with E-state index >= 15 is 0 Å². The molecule has 2 aromatic rings. The zero-order valence-corrected chi connectivity index (χ0v) is 20.0. The molecule has 30 heavy (non-hydrogen) atoms. The van der Waals surface area contributed by atoms with E-state index in [1.165, 1.54) is 0 Å². The lowest BCUT2D eigenvalue weighted by Gasteiger charge is -2.29. The average Bonchev–Trinajstić information content (AvgIpc) is 2.72. The summed E-state index contributed by atoms with van der Waals surface area (Å²) in [5.74, 6) is 0.251. The third-order valence-electron chi connectivity index (χ3n) is 4.50. The SMILES string of the molecule is CCCNC(=O)[C@H](C)N(Cc1c(Cl)cccc1Cl)C(=O)CCSc1ccc(Cl)cc1. The molecule has 0 aliphatic carbocycles. The molecule has 0 unspecified atom stereocenters. The number of thioether (sulfide) groups is 1. The highest BCUT2D eigenvalue weighted by Crippen LogP contribution is 2.27. The van der Waals surface area contributed by atoms with Crippen LogP contribution in [0.2, 0.25) is 15.1 Å². The fourth-order valence-electron chi connectivity index (χ4n) is 2.76. The van der Waals surface area contributed by atoms with Crippen molar-refractivity contribution in [1.82, 2.24) is 10.2 Å². The second-order valence-corrected chi connectivity index (χ2v) is 9.16. The van der Waals surface area contributed by atoms with Crippen molar-refractivity contribution in [3.8, 4) is 0 Å². The number of halogens is 3.